The Morgan fingerprint density at radius 1 is 0.846 bits per heavy atom. The van der Waals surface area contributed by atoms with Crippen molar-refractivity contribution in [3.63, 3.8) is 0 Å². The van der Waals surface area contributed by atoms with Crippen molar-refractivity contribution in [2.75, 3.05) is 5.32 Å². The number of benzene rings is 2. The van der Waals surface area contributed by atoms with Crippen molar-refractivity contribution >= 4 is 41.2 Å². The van der Waals surface area contributed by atoms with Gasteiger partial charge >= 0.3 is 5.97 Å². The van der Waals surface area contributed by atoms with Crippen molar-refractivity contribution in [3.05, 3.63) is 54.6 Å². The summed E-state index contributed by atoms with van der Waals surface area (Å²) in [6.07, 6.45) is -7.59. The molecule has 3 rings (SSSR count). The molecule has 5 N–H and O–H groups in total. The van der Waals surface area contributed by atoms with Crippen molar-refractivity contribution in [2.24, 2.45) is 0 Å². The van der Waals surface area contributed by atoms with Crippen LogP contribution in [0.3, 0.4) is 0 Å². The Labute approximate surface area is 172 Å². The van der Waals surface area contributed by atoms with Gasteiger partial charge in [-0.25, -0.2) is 4.79 Å². The molecule has 8 heteroatoms. The number of rotatable bonds is 4. The van der Waals surface area contributed by atoms with E-state index in [4.69, 9.17) is 9.84 Å². The Balaban J connectivity index is 0.00000243. The van der Waals surface area contributed by atoms with Gasteiger partial charge in [0.1, 0.15) is 18.3 Å². The quantitative estimate of drug-likeness (QED) is 0.492. The van der Waals surface area contributed by atoms with Gasteiger partial charge in [0, 0.05) is 35.2 Å². The average Bonchev–Trinajstić information content (AvgIpc) is 2.63. The van der Waals surface area contributed by atoms with E-state index in [1.165, 1.54) is 0 Å². The summed E-state index contributed by atoms with van der Waals surface area (Å²) in [5.74, 6) is -1.41. The van der Waals surface area contributed by atoms with Crippen molar-refractivity contribution in [2.45, 2.75) is 30.6 Å². The fourth-order valence-corrected chi connectivity index (χ4v) is 2.76. The predicted molar refractivity (Wildman–Crippen MR) is 95.6 cm³/mol. The second-order valence-corrected chi connectivity index (χ2v) is 5.88. The molecule has 1 aliphatic heterocycles. The topological polar surface area (TPSA) is 119 Å². The molecule has 0 aliphatic carbocycles. The maximum Gasteiger partial charge on any atom is 0.335 e. The van der Waals surface area contributed by atoms with E-state index in [2.05, 4.69) is 5.32 Å². The van der Waals surface area contributed by atoms with E-state index in [1.54, 1.807) is 12.1 Å². The van der Waals surface area contributed by atoms with Crippen LogP contribution in [0.1, 0.15) is 0 Å². The van der Waals surface area contributed by atoms with E-state index in [1.807, 2.05) is 42.5 Å². The van der Waals surface area contributed by atoms with E-state index in [9.17, 15) is 20.1 Å². The van der Waals surface area contributed by atoms with E-state index in [0.29, 0.717) is 5.69 Å². The molecule has 26 heavy (non-hydrogen) atoms. The fraction of sp³-hybridized carbons (Fsp3) is 0.278. The molecule has 2 aromatic rings. The molecule has 1 radical (unpaired) electrons. The van der Waals surface area contributed by atoms with Crippen LogP contribution < -0.4 is 5.32 Å². The Bertz CT molecular complexity index is 726. The second-order valence-electron chi connectivity index (χ2n) is 5.88. The molecule has 133 valence electrons. The summed E-state index contributed by atoms with van der Waals surface area (Å²) in [6.45, 7) is 0. The first-order valence-corrected chi connectivity index (χ1v) is 7.82. The Kier molecular flexibility index (Phi) is 7.19. The molecule has 1 fully saturated rings. The number of anilines is 1. The van der Waals surface area contributed by atoms with Crippen LogP contribution in [0, 0.1) is 0 Å². The van der Waals surface area contributed by atoms with Crippen LogP contribution in [0.5, 0.6) is 0 Å². The molecule has 1 saturated heterocycles. The molecular weight excluding hydrogens is 349 g/mol. The van der Waals surface area contributed by atoms with Crippen LogP contribution >= 0.6 is 0 Å². The van der Waals surface area contributed by atoms with E-state index < -0.39 is 36.6 Å². The largest absolute Gasteiger partial charge is 0.479 e. The van der Waals surface area contributed by atoms with Crippen molar-refractivity contribution in [3.8, 4) is 11.1 Å². The van der Waals surface area contributed by atoms with Gasteiger partial charge in [0.25, 0.3) is 0 Å². The van der Waals surface area contributed by atoms with Crippen molar-refractivity contribution in [1.29, 1.82) is 0 Å². The van der Waals surface area contributed by atoms with Gasteiger partial charge in [-0.15, -0.1) is 0 Å². The minimum atomic E-state index is -1.70. The summed E-state index contributed by atoms with van der Waals surface area (Å²) in [4.78, 5) is 11.1. The summed E-state index contributed by atoms with van der Waals surface area (Å²) >= 11 is 0. The van der Waals surface area contributed by atoms with Gasteiger partial charge in [0.15, 0.2) is 12.3 Å². The zero-order valence-electron chi connectivity index (χ0n) is 14.2. The molecule has 5 atom stereocenters. The molecule has 0 spiro atoms. The van der Waals surface area contributed by atoms with Gasteiger partial charge in [-0.1, -0.05) is 42.5 Å². The number of aliphatic hydroxyl groups excluding tert-OH is 3. The van der Waals surface area contributed by atoms with Gasteiger partial charge in [-0.3, -0.25) is 0 Å². The summed E-state index contributed by atoms with van der Waals surface area (Å²) in [5.41, 5.74) is 2.62. The average molecular weight is 368 g/mol. The number of aliphatic hydroxyl groups is 3. The number of aliphatic carboxylic acids is 1. The van der Waals surface area contributed by atoms with E-state index in [0.717, 1.165) is 11.1 Å². The number of carboxylic acid groups (broad SMARTS) is 1. The van der Waals surface area contributed by atoms with E-state index >= 15 is 0 Å². The van der Waals surface area contributed by atoms with Crippen molar-refractivity contribution in [1.82, 2.24) is 0 Å². The number of hydrogen-bond acceptors (Lipinski definition) is 6. The molecule has 1 heterocycles. The van der Waals surface area contributed by atoms with Crippen LogP contribution in [0.15, 0.2) is 54.6 Å². The zero-order valence-corrected chi connectivity index (χ0v) is 16.2. The third kappa shape index (κ3) is 4.44. The maximum absolute atomic E-state index is 11.1. The first kappa shape index (κ1) is 20.9. The third-order valence-corrected chi connectivity index (χ3v) is 4.16. The van der Waals surface area contributed by atoms with Crippen LogP contribution in [0.25, 0.3) is 11.1 Å². The molecule has 0 unspecified atom stereocenters. The van der Waals surface area contributed by atoms with Gasteiger partial charge < -0.3 is 30.5 Å². The SMILES string of the molecule is O=C(O)[C@H]1O[C@@H](Nc2ccc(-c3ccccc3)cc2)[C@H](O)[C@@H](O)[C@@H]1O.[Na]. The Hall–Kier alpha value is -1.45. The van der Waals surface area contributed by atoms with Gasteiger partial charge in [0.05, 0.1) is 0 Å². The standard InChI is InChI=1S/C18H19NO6.Na/c20-13-14(21)16(18(23)24)25-17(15(13)22)19-12-8-6-11(7-9-12)10-4-2-1-3-5-10;/h1-9,13-17,19-22H,(H,23,24);/t13-,14-,15+,16-,17+;/m0./s1. The molecule has 0 aromatic heterocycles. The summed E-state index contributed by atoms with van der Waals surface area (Å²) in [7, 11) is 0. The first-order chi connectivity index (χ1) is 12.0. The summed E-state index contributed by atoms with van der Waals surface area (Å²) in [6, 6.07) is 17.0. The Morgan fingerprint density at radius 2 is 1.42 bits per heavy atom. The summed E-state index contributed by atoms with van der Waals surface area (Å²) in [5, 5.41) is 41.4. The number of ether oxygens (including phenoxy) is 1. The molecule has 2 aromatic carbocycles. The van der Waals surface area contributed by atoms with Crippen LogP contribution in [0.4, 0.5) is 5.69 Å². The van der Waals surface area contributed by atoms with Gasteiger partial charge in [0.2, 0.25) is 0 Å². The molecule has 0 saturated carbocycles. The van der Waals surface area contributed by atoms with E-state index in [-0.39, 0.29) is 29.6 Å². The fourth-order valence-electron chi connectivity index (χ4n) is 2.76. The number of hydrogen-bond donors (Lipinski definition) is 5. The van der Waals surface area contributed by atoms with Crippen LogP contribution in [-0.2, 0) is 9.53 Å². The smallest absolute Gasteiger partial charge is 0.335 e. The van der Waals surface area contributed by atoms with Crippen LogP contribution in [0.2, 0.25) is 0 Å². The molecule has 1 aliphatic rings. The number of carbonyl (C=O) groups is 1. The summed E-state index contributed by atoms with van der Waals surface area (Å²) < 4.78 is 5.19. The normalized spacial score (nSPS) is 28.0. The predicted octanol–water partition coefficient (Wildman–Crippen LogP) is 0.277. The maximum atomic E-state index is 11.1. The number of nitrogens with one attached hydrogen (secondary N) is 1. The molecule has 7 nitrogen and oxygen atoms in total. The minimum Gasteiger partial charge on any atom is -0.479 e. The number of carboxylic acids is 1. The molecule has 0 bridgehead atoms. The Morgan fingerprint density at radius 3 is 2.00 bits per heavy atom. The first-order valence-electron chi connectivity index (χ1n) is 7.82. The zero-order chi connectivity index (χ0) is 18.0. The van der Waals surface area contributed by atoms with Gasteiger partial charge in [-0.2, -0.15) is 0 Å². The second kappa shape index (κ2) is 8.96. The molecular formula is C18H19NNaO6. The van der Waals surface area contributed by atoms with Crippen LogP contribution in [-0.4, -0.2) is 86.6 Å². The van der Waals surface area contributed by atoms with Gasteiger partial charge in [-0.05, 0) is 23.3 Å². The third-order valence-electron chi connectivity index (χ3n) is 4.16. The molecule has 0 amide bonds. The van der Waals surface area contributed by atoms with Crippen molar-refractivity contribution < 1.29 is 30.0 Å². The monoisotopic (exact) mass is 368 g/mol. The minimum absolute atomic E-state index is 0.